The molecule has 132 valence electrons. The molecule has 0 atom stereocenters. The quantitative estimate of drug-likeness (QED) is 0.378. The van der Waals surface area contributed by atoms with E-state index in [4.69, 9.17) is 0 Å². The second-order valence-corrected chi connectivity index (χ2v) is 6.27. The minimum Gasteiger partial charge on any atom is -0.325 e. The monoisotopic (exact) mass is 312 g/mol. The molecule has 2 amide bonds. The molecule has 0 aliphatic carbocycles. The molecule has 0 unspecified atom stereocenters. The van der Waals surface area contributed by atoms with Crippen LogP contribution in [0.4, 0.5) is 4.79 Å². The van der Waals surface area contributed by atoms with Crippen molar-refractivity contribution in [2.45, 2.75) is 91.9 Å². The predicted octanol–water partition coefficient (Wildman–Crippen LogP) is 5.69. The van der Waals surface area contributed by atoms with Gasteiger partial charge >= 0.3 is 6.03 Å². The van der Waals surface area contributed by atoms with E-state index < -0.39 is 0 Å². The number of unbranched alkanes of at least 4 members (excludes halogenated alkanes) is 8. The highest BCUT2D eigenvalue weighted by Gasteiger charge is 2.17. The van der Waals surface area contributed by atoms with Crippen molar-refractivity contribution in [3.63, 3.8) is 0 Å². The van der Waals surface area contributed by atoms with E-state index in [9.17, 15) is 4.79 Å². The number of carbonyl (C=O) groups is 1. The van der Waals surface area contributed by atoms with Gasteiger partial charge in [0.2, 0.25) is 0 Å². The van der Waals surface area contributed by atoms with Crippen LogP contribution < -0.4 is 0 Å². The molecule has 0 bridgehead atoms. The number of amides is 2. The van der Waals surface area contributed by atoms with Crippen molar-refractivity contribution in [2.24, 2.45) is 0 Å². The van der Waals surface area contributed by atoms with E-state index >= 15 is 0 Å². The molecule has 0 radical (unpaired) electrons. The fraction of sp³-hybridized carbons (Fsp3) is 0.947. The first-order valence-corrected chi connectivity index (χ1v) is 9.74. The number of hydrogen-bond acceptors (Lipinski definition) is 1. The second kappa shape index (κ2) is 15.2. The standard InChI is InChI=1S/C19H40N2O/c1-5-9-11-13-15-17-21(18-16-14-12-10-6-2)19(22)20(7-3)8-4/h5-18H2,1-4H3. The highest BCUT2D eigenvalue weighted by atomic mass is 16.2. The first-order chi connectivity index (χ1) is 10.7. The molecule has 0 aliphatic rings. The Morgan fingerprint density at radius 3 is 1.36 bits per heavy atom. The van der Waals surface area contributed by atoms with Crippen molar-refractivity contribution in [3.8, 4) is 0 Å². The highest BCUT2D eigenvalue weighted by molar-refractivity contribution is 5.74. The SMILES string of the molecule is CCCCCCCN(CCCCCCC)C(=O)N(CC)CC. The van der Waals surface area contributed by atoms with Gasteiger partial charge in [0.1, 0.15) is 0 Å². The van der Waals surface area contributed by atoms with Gasteiger partial charge in [-0.3, -0.25) is 0 Å². The highest BCUT2D eigenvalue weighted by Crippen LogP contribution is 2.09. The van der Waals surface area contributed by atoms with Crippen molar-refractivity contribution in [2.75, 3.05) is 26.2 Å². The molecule has 3 nitrogen and oxygen atoms in total. The Kier molecular flexibility index (Phi) is 14.7. The third-order valence-corrected chi connectivity index (χ3v) is 4.37. The normalized spacial score (nSPS) is 10.7. The number of urea groups is 1. The first kappa shape index (κ1) is 21.3. The molecule has 0 spiro atoms. The van der Waals surface area contributed by atoms with Gasteiger partial charge in [0.15, 0.2) is 0 Å². The lowest BCUT2D eigenvalue weighted by atomic mass is 10.1. The molecule has 0 rings (SSSR count). The largest absolute Gasteiger partial charge is 0.325 e. The Labute approximate surface area is 139 Å². The predicted molar refractivity (Wildman–Crippen MR) is 97.4 cm³/mol. The Hall–Kier alpha value is -0.730. The average Bonchev–Trinajstić information content (AvgIpc) is 2.53. The van der Waals surface area contributed by atoms with E-state index in [-0.39, 0.29) is 6.03 Å². The summed E-state index contributed by atoms with van der Waals surface area (Å²) in [5.41, 5.74) is 0. The van der Waals surface area contributed by atoms with Crippen LogP contribution in [0.1, 0.15) is 91.9 Å². The zero-order valence-electron chi connectivity index (χ0n) is 15.7. The van der Waals surface area contributed by atoms with Gasteiger partial charge in [0.05, 0.1) is 0 Å². The van der Waals surface area contributed by atoms with E-state index in [1.54, 1.807) is 0 Å². The van der Waals surface area contributed by atoms with E-state index in [2.05, 4.69) is 32.6 Å². The van der Waals surface area contributed by atoms with E-state index in [1.807, 2.05) is 4.90 Å². The number of hydrogen-bond donors (Lipinski definition) is 0. The Morgan fingerprint density at radius 1 is 0.591 bits per heavy atom. The summed E-state index contributed by atoms with van der Waals surface area (Å²) >= 11 is 0. The van der Waals surface area contributed by atoms with Crippen LogP contribution in [0, 0.1) is 0 Å². The topological polar surface area (TPSA) is 23.6 Å². The van der Waals surface area contributed by atoms with Crippen LogP contribution in [0.15, 0.2) is 0 Å². The van der Waals surface area contributed by atoms with E-state index in [0.717, 1.165) is 39.0 Å². The number of nitrogens with zero attached hydrogens (tertiary/aromatic N) is 2. The van der Waals surface area contributed by atoms with Gasteiger partial charge in [-0.1, -0.05) is 65.2 Å². The minimum atomic E-state index is 0.246. The minimum absolute atomic E-state index is 0.246. The Balaban J connectivity index is 4.20. The molecule has 3 heteroatoms. The lowest BCUT2D eigenvalue weighted by Crippen LogP contribution is -2.44. The molecule has 0 fully saturated rings. The van der Waals surface area contributed by atoms with Gasteiger partial charge in [-0.15, -0.1) is 0 Å². The number of rotatable bonds is 14. The Bertz CT molecular complexity index is 238. The van der Waals surface area contributed by atoms with Gasteiger partial charge in [0, 0.05) is 26.2 Å². The summed E-state index contributed by atoms with van der Waals surface area (Å²) in [7, 11) is 0. The third-order valence-electron chi connectivity index (χ3n) is 4.37. The van der Waals surface area contributed by atoms with Gasteiger partial charge in [0.25, 0.3) is 0 Å². The van der Waals surface area contributed by atoms with Gasteiger partial charge in [-0.05, 0) is 26.7 Å². The maximum absolute atomic E-state index is 12.6. The molecule has 0 saturated carbocycles. The first-order valence-electron chi connectivity index (χ1n) is 9.74. The molecule has 0 N–H and O–H groups in total. The lowest BCUT2D eigenvalue weighted by Gasteiger charge is -2.29. The van der Waals surface area contributed by atoms with Gasteiger partial charge in [-0.25, -0.2) is 4.79 Å². The van der Waals surface area contributed by atoms with Crippen LogP contribution in [0.25, 0.3) is 0 Å². The molecule has 0 aromatic carbocycles. The van der Waals surface area contributed by atoms with Crippen molar-refractivity contribution >= 4 is 6.03 Å². The zero-order valence-corrected chi connectivity index (χ0v) is 15.7. The summed E-state index contributed by atoms with van der Waals surface area (Å²) in [6.45, 7) is 12.1. The smallest absolute Gasteiger partial charge is 0.319 e. The van der Waals surface area contributed by atoms with Gasteiger partial charge < -0.3 is 9.80 Å². The molecule has 0 aliphatic heterocycles. The van der Waals surface area contributed by atoms with Crippen LogP contribution in [-0.4, -0.2) is 42.0 Å². The fourth-order valence-corrected chi connectivity index (χ4v) is 2.81. The zero-order chi connectivity index (χ0) is 16.6. The average molecular weight is 313 g/mol. The molecule has 22 heavy (non-hydrogen) atoms. The van der Waals surface area contributed by atoms with Crippen molar-refractivity contribution in [3.05, 3.63) is 0 Å². The maximum atomic E-state index is 12.6. The Morgan fingerprint density at radius 2 is 1.00 bits per heavy atom. The molecule has 0 saturated heterocycles. The van der Waals surface area contributed by atoms with Crippen LogP contribution in [0.2, 0.25) is 0 Å². The van der Waals surface area contributed by atoms with Crippen molar-refractivity contribution < 1.29 is 4.79 Å². The summed E-state index contributed by atoms with van der Waals surface area (Å²) < 4.78 is 0. The van der Waals surface area contributed by atoms with E-state index in [1.165, 1.54) is 51.4 Å². The second-order valence-electron chi connectivity index (χ2n) is 6.27. The van der Waals surface area contributed by atoms with Crippen molar-refractivity contribution in [1.82, 2.24) is 9.80 Å². The molecule has 0 aromatic rings. The third kappa shape index (κ3) is 10.1. The summed E-state index contributed by atoms with van der Waals surface area (Å²) in [5.74, 6) is 0. The molecule has 0 heterocycles. The summed E-state index contributed by atoms with van der Waals surface area (Å²) in [6, 6.07) is 0.246. The van der Waals surface area contributed by atoms with Crippen LogP contribution in [-0.2, 0) is 0 Å². The molecule has 0 aromatic heterocycles. The summed E-state index contributed by atoms with van der Waals surface area (Å²) in [6.07, 6.45) is 12.6. The molecular weight excluding hydrogens is 272 g/mol. The van der Waals surface area contributed by atoms with Gasteiger partial charge in [-0.2, -0.15) is 0 Å². The molecular formula is C19H40N2O. The van der Waals surface area contributed by atoms with Crippen molar-refractivity contribution in [1.29, 1.82) is 0 Å². The van der Waals surface area contributed by atoms with Crippen LogP contribution in [0.5, 0.6) is 0 Å². The lowest BCUT2D eigenvalue weighted by molar-refractivity contribution is 0.155. The fourth-order valence-electron chi connectivity index (χ4n) is 2.81. The van der Waals surface area contributed by atoms with E-state index in [0.29, 0.717) is 0 Å². The summed E-state index contributed by atoms with van der Waals surface area (Å²) in [4.78, 5) is 16.7. The van der Waals surface area contributed by atoms with Crippen LogP contribution in [0.3, 0.4) is 0 Å². The summed E-state index contributed by atoms with van der Waals surface area (Å²) in [5, 5.41) is 0. The van der Waals surface area contributed by atoms with Crippen LogP contribution >= 0.6 is 0 Å². The number of carbonyl (C=O) groups excluding carboxylic acids is 1. The maximum Gasteiger partial charge on any atom is 0.319 e.